The first kappa shape index (κ1) is 17.5. The molecule has 1 aliphatic heterocycles. The summed E-state index contributed by atoms with van der Waals surface area (Å²) in [6, 6.07) is 0. The van der Waals surface area contributed by atoms with E-state index in [9.17, 15) is 9.59 Å². The number of hydrogen-bond acceptors (Lipinski definition) is 3. The van der Waals surface area contributed by atoms with Crippen molar-refractivity contribution in [2.24, 2.45) is 5.92 Å². The molecule has 1 saturated heterocycles. The second-order valence-electron chi connectivity index (χ2n) is 6.31. The summed E-state index contributed by atoms with van der Waals surface area (Å²) < 4.78 is 2.00. The quantitative estimate of drug-likeness (QED) is 0.892. The van der Waals surface area contributed by atoms with Crippen LogP contribution in [-0.4, -0.2) is 46.1 Å². The lowest BCUT2D eigenvalue weighted by Crippen LogP contribution is -2.45. The molecule has 2 heterocycles. The van der Waals surface area contributed by atoms with Gasteiger partial charge in [0.1, 0.15) is 0 Å². The van der Waals surface area contributed by atoms with Crippen molar-refractivity contribution in [3.63, 3.8) is 0 Å². The Kier molecular flexibility index (Phi) is 5.80. The highest BCUT2D eigenvalue weighted by molar-refractivity contribution is 5.80. The molecule has 2 rings (SSSR count). The Bertz CT molecular complexity index is 579. The normalized spacial score (nSPS) is 18.1. The third-order valence-corrected chi connectivity index (χ3v) is 4.74. The van der Waals surface area contributed by atoms with Crippen LogP contribution in [0.4, 0.5) is 0 Å². The molecule has 1 N–H and O–H groups in total. The molecule has 2 amide bonds. The van der Waals surface area contributed by atoms with E-state index in [0.717, 1.165) is 38.0 Å². The zero-order chi connectivity index (χ0) is 17.0. The lowest BCUT2D eigenvalue weighted by atomic mass is 9.97. The van der Waals surface area contributed by atoms with E-state index < -0.39 is 0 Å². The smallest absolute Gasteiger partial charge is 0.224 e. The molecule has 1 aromatic rings. The lowest BCUT2D eigenvalue weighted by molar-refractivity contribution is -0.133. The van der Waals surface area contributed by atoms with E-state index in [0.29, 0.717) is 13.1 Å². The second kappa shape index (κ2) is 7.62. The Morgan fingerprint density at radius 1 is 1.35 bits per heavy atom. The van der Waals surface area contributed by atoms with Crippen molar-refractivity contribution in [2.75, 3.05) is 19.6 Å². The summed E-state index contributed by atoms with van der Waals surface area (Å²) in [6.45, 7) is 10.5. The number of piperidine rings is 1. The molecular weight excluding hydrogens is 292 g/mol. The van der Waals surface area contributed by atoms with Crippen molar-refractivity contribution in [1.29, 1.82) is 0 Å². The molecule has 0 aliphatic carbocycles. The first-order valence-electron chi connectivity index (χ1n) is 8.50. The Hall–Kier alpha value is -1.85. The highest BCUT2D eigenvalue weighted by Crippen LogP contribution is 2.17. The molecule has 0 aromatic carbocycles. The van der Waals surface area contributed by atoms with Crippen LogP contribution in [0.15, 0.2) is 0 Å². The van der Waals surface area contributed by atoms with Gasteiger partial charge in [-0.3, -0.25) is 14.3 Å². The summed E-state index contributed by atoms with van der Waals surface area (Å²) in [5.41, 5.74) is 3.44. The third kappa shape index (κ3) is 4.12. The number of hydrogen-bond donors (Lipinski definition) is 1. The van der Waals surface area contributed by atoms with Crippen molar-refractivity contribution in [3.05, 3.63) is 17.0 Å². The first-order valence-corrected chi connectivity index (χ1v) is 8.50. The summed E-state index contributed by atoms with van der Waals surface area (Å²) in [6.07, 6.45) is 2.56. The molecule has 0 spiro atoms. The van der Waals surface area contributed by atoms with Crippen LogP contribution in [0.5, 0.6) is 0 Å². The minimum atomic E-state index is -0.0757. The van der Waals surface area contributed by atoms with Gasteiger partial charge in [-0.25, -0.2) is 0 Å². The molecule has 6 nitrogen and oxygen atoms in total. The summed E-state index contributed by atoms with van der Waals surface area (Å²) in [5, 5.41) is 7.53. The van der Waals surface area contributed by atoms with E-state index in [4.69, 9.17) is 0 Å². The van der Waals surface area contributed by atoms with Gasteiger partial charge in [0.05, 0.1) is 11.6 Å². The van der Waals surface area contributed by atoms with Crippen LogP contribution in [0.3, 0.4) is 0 Å². The van der Waals surface area contributed by atoms with Gasteiger partial charge in [-0.1, -0.05) is 0 Å². The van der Waals surface area contributed by atoms with Crippen molar-refractivity contribution in [3.8, 4) is 0 Å². The Balaban J connectivity index is 1.85. The van der Waals surface area contributed by atoms with E-state index in [2.05, 4.69) is 24.3 Å². The van der Waals surface area contributed by atoms with Gasteiger partial charge < -0.3 is 10.2 Å². The average molecular weight is 320 g/mol. The zero-order valence-corrected chi connectivity index (χ0v) is 14.7. The van der Waals surface area contributed by atoms with Gasteiger partial charge in [-0.15, -0.1) is 0 Å². The molecule has 128 valence electrons. The number of likely N-dealkylation sites (tertiary alicyclic amines) is 1. The molecule has 1 atom stereocenters. The average Bonchev–Trinajstić information content (AvgIpc) is 2.82. The number of nitrogens with zero attached hydrogens (tertiary/aromatic N) is 3. The largest absolute Gasteiger partial charge is 0.355 e. The van der Waals surface area contributed by atoms with E-state index in [1.54, 1.807) is 11.8 Å². The molecular formula is C17H28N4O2. The van der Waals surface area contributed by atoms with E-state index in [1.807, 2.05) is 11.6 Å². The topological polar surface area (TPSA) is 67.2 Å². The lowest BCUT2D eigenvalue weighted by Gasteiger charge is -2.31. The molecule has 6 heteroatoms. The van der Waals surface area contributed by atoms with Crippen LogP contribution in [0.25, 0.3) is 0 Å². The van der Waals surface area contributed by atoms with Gasteiger partial charge >= 0.3 is 0 Å². The number of aryl methyl sites for hydroxylation is 2. The molecule has 1 fully saturated rings. The molecule has 0 unspecified atom stereocenters. The number of amides is 2. The highest BCUT2D eigenvalue weighted by Gasteiger charge is 2.26. The fraction of sp³-hybridized carbons (Fsp3) is 0.706. The molecule has 23 heavy (non-hydrogen) atoms. The second-order valence-corrected chi connectivity index (χ2v) is 6.31. The van der Waals surface area contributed by atoms with Gasteiger partial charge in [-0.05, 0) is 45.6 Å². The fourth-order valence-electron chi connectivity index (χ4n) is 3.34. The monoisotopic (exact) mass is 320 g/mol. The van der Waals surface area contributed by atoms with Crippen molar-refractivity contribution in [2.45, 2.75) is 53.5 Å². The molecule has 0 saturated carbocycles. The Labute approximate surface area is 138 Å². The number of nitrogens with one attached hydrogen (secondary N) is 1. The SMILES string of the molecule is CCn1nc(C)c(CCNC(=O)[C@H]2CCCN(C(C)=O)C2)c1C. The summed E-state index contributed by atoms with van der Waals surface area (Å²) in [5.74, 6) is 0.0445. The third-order valence-electron chi connectivity index (χ3n) is 4.74. The predicted molar refractivity (Wildman–Crippen MR) is 89.1 cm³/mol. The number of carbonyl (C=O) groups is 2. The van der Waals surface area contributed by atoms with Crippen LogP contribution in [0.2, 0.25) is 0 Å². The summed E-state index contributed by atoms with van der Waals surface area (Å²) in [7, 11) is 0. The minimum absolute atomic E-state index is 0.0562. The minimum Gasteiger partial charge on any atom is -0.355 e. The van der Waals surface area contributed by atoms with Gasteiger partial charge in [0.15, 0.2) is 0 Å². The van der Waals surface area contributed by atoms with Gasteiger partial charge in [0.25, 0.3) is 0 Å². The predicted octanol–water partition coefficient (Wildman–Crippen LogP) is 1.44. The number of rotatable bonds is 5. The highest BCUT2D eigenvalue weighted by atomic mass is 16.2. The Morgan fingerprint density at radius 3 is 2.70 bits per heavy atom. The van der Waals surface area contributed by atoms with Crippen LogP contribution < -0.4 is 5.32 Å². The van der Waals surface area contributed by atoms with Crippen LogP contribution >= 0.6 is 0 Å². The van der Waals surface area contributed by atoms with Gasteiger partial charge in [-0.2, -0.15) is 5.10 Å². The zero-order valence-electron chi connectivity index (χ0n) is 14.7. The molecule has 0 bridgehead atoms. The molecule has 1 aliphatic rings. The van der Waals surface area contributed by atoms with Crippen LogP contribution in [-0.2, 0) is 22.6 Å². The molecule has 1 aromatic heterocycles. The van der Waals surface area contributed by atoms with E-state index in [1.165, 1.54) is 11.3 Å². The van der Waals surface area contributed by atoms with E-state index in [-0.39, 0.29) is 17.7 Å². The van der Waals surface area contributed by atoms with Crippen LogP contribution in [0, 0.1) is 19.8 Å². The maximum Gasteiger partial charge on any atom is 0.224 e. The fourth-order valence-corrected chi connectivity index (χ4v) is 3.34. The van der Waals surface area contributed by atoms with Gasteiger partial charge in [0.2, 0.25) is 11.8 Å². The van der Waals surface area contributed by atoms with Crippen molar-refractivity contribution < 1.29 is 9.59 Å². The number of carbonyl (C=O) groups excluding carboxylic acids is 2. The number of aromatic nitrogens is 2. The maximum absolute atomic E-state index is 12.3. The first-order chi connectivity index (χ1) is 10.9. The van der Waals surface area contributed by atoms with Crippen molar-refractivity contribution >= 4 is 11.8 Å². The van der Waals surface area contributed by atoms with Crippen molar-refractivity contribution in [1.82, 2.24) is 20.0 Å². The summed E-state index contributed by atoms with van der Waals surface area (Å²) >= 11 is 0. The molecule has 0 radical (unpaired) electrons. The standard InChI is InChI=1S/C17H28N4O2/c1-5-21-13(3)16(12(2)19-21)8-9-18-17(23)15-7-6-10-20(11-15)14(4)22/h15H,5-11H2,1-4H3,(H,18,23)/t15-/m0/s1. The van der Waals surface area contributed by atoms with Crippen LogP contribution in [0.1, 0.15) is 43.6 Å². The summed E-state index contributed by atoms with van der Waals surface area (Å²) in [4.78, 5) is 25.5. The van der Waals surface area contributed by atoms with E-state index >= 15 is 0 Å². The van der Waals surface area contributed by atoms with Gasteiger partial charge in [0, 0.05) is 38.8 Å². The maximum atomic E-state index is 12.3. The Morgan fingerprint density at radius 2 is 2.09 bits per heavy atom.